The van der Waals surface area contributed by atoms with Gasteiger partial charge in [0.2, 0.25) is 0 Å². The van der Waals surface area contributed by atoms with Gasteiger partial charge in [-0.15, -0.1) is 0 Å². The van der Waals surface area contributed by atoms with Crippen LogP contribution in [0.4, 0.5) is 0 Å². The maximum atomic E-state index is 12.4. The summed E-state index contributed by atoms with van der Waals surface area (Å²) in [4.78, 5) is 19.3. The first kappa shape index (κ1) is 17.2. The number of piperidine rings is 1. The smallest absolute Gasteiger partial charge is 0.271 e. The van der Waals surface area contributed by atoms with Gasteiger partial charge in [-0.25, -0.2) is 4.98 Å². The Morgan fingerprint density at radius 3 is 3.00 bits per heavy atom. The van der Waals surface area contributed by atoms with Crippen LogP contribution in [0.2, 0.25) is 0 Å². The Balaban J connectivity index is 1.26. The van der Waals surface area contributed by atoms with Crippen molar-refractivity contribution in [2.24, 2.45) is 0 Å². The lowest BCUT2D eigenvalue weighted by Gasteiger charge is -2.33. The molecule has 0 bridgehead atoms. The number of hydrogen-bond acceptors (Lipinski definition) is 4. The number of rotatable bonds is 5. The van der Waals surface area contributed by atoms with Crippen molar-refractivity contribution in [3.63, 3.8) is 0 Å². The van der Waals surface area contributed by atoms with Crippen molar-refractivity contribution in [1.82, 2.24) is 25.1 Å². The largest absolute Gasteiger partial charge is 0.349 e. The molecule has 1 aromatic carbocycles. The van der Waals surface area contributed by atoms with Gasteiger partial charge in [0.15, 0.2) is 0 Å². The predicted molar refractivity (Wildman–Crippen MR) is 101 cm³/mol. The standard InChI is InChI=1S/C20H27N5O/c26-20(18-15-25-12-8-21-13-19(25)23-18)22-9-11-24-10-4-7-17(14-24)16-5-2-1-3-6-16/h1-3,5-6,15,17,21H,4,7-14H2,(H,22,26)/t17-/m1/s1. The van der Waals surface area contributed by atoms with Crippen LogP contribution < -0.4 is 10.6 Å². The molecule has 1 atom stereocenters. The predicted octanol–water partition coefficient (Wildman–Crippen LogP) is 1.60. The van der Waals surface area contributed by atoms with Gasteiger partial charge in [0.25, 0.3) is 5.91 Å². The molecule has 1 fully saturated rings. The van der Waals surface area contributed by atoms with E-state index >= 15 is 0 Å². The zero-order valence-electron chi connectivity index (χ0n) is 15.2. The lowest BCUT2D eigenvalue weighted by Crippen LogP contribution is -2.40. The number of hydrogen-bond donors (Lipinski definition) is 2. The highest BCUT2D eigenvalue weighted by Crippen LogP contribution is 2.26. The van der Waals surface area contributed by atoms with Crippen LogP contribution in [0.15, 0.2) is 36.5 Å². The molecule has 26 heavy (non-hydrogen) atoms. The highest BCUT2D eigenvalue weighted by Gasteiger charge is 2.21. The second-order valence-electron chi connectivity index (χ2n) is 7.22. The van der Waals surface area contributed by atoms with Crippen molar-refractivity contribution in [2.75, 3.05) is 32.7 Å². The first-order chi connectivity index (χ1) is 12.8. The first-order valence-corrected chi connectivity index (χ1v) is 9.62. The number of carbonyl (C=O) groups is 1. The number of amides is 1. The molecule has 2 aliphatic rings. The number of carbonyl (C=O) groups excluding carboxylic acids is 1. The lowest BCUT2D eigenvalue weighted by atomic mass is 9.91. The van der Waals surface area contributed by atoms with E-state index < -0.39 is 0 Å². The van der Waals surface area contributed by atoms with E-state index in [1.165, 1.54) is 18.4 Å². The number of likely N-dealkylation sites (tertiary alicyclic amines) is 1. The third kappa shape index (κ3) is 3.97. The number of fused-ring (bicyclic) bond motifs is 1. The second-order valence-corrected chi connectivity index (χ2v) is 7.22. The summed E-state index contributed by atoms with van der Waals surface area (Å²) in [5.74, 6) is 1.49. The van der Waals surface area contributed by atoms with Crippen LogP contribution in [-0.4, -0.2) is 53.1 Å². The van der Waals surface area contributed by atoms with Gasteiger partial charge in [0, 0.05) is 38.9 Å². The topological polar surface area (TPSA) is 62.2 Å². The number of nitrogens with zero attached hydrogens (tertiary/aromatic N) is 3. The number of nitrogens with one attached hydrogen (secondary N) is 2. The first-order valence-electron chi connectivity index (χ1n) is 9.62. The van der Waals surface area contributed by atoms with Crippen molar-refractivity contribution >= 4 is 5.91 Å². The summed E-state index contributed by atoms with van der Waals surface area (Å²) in [7, 11) is 0. The molecule has 1 amide bonds. The molecule has 138 valence electrons. The van der Waals surface area contributed by atoms with Crippen molar-refractivity contribution in [3.05, 3.63) is 53.6 Å². The van der Waals surface area contributed by atoms with Crippen LogP contribution in [0.3, 0.4) is 0 Å². The summed E-state index contributed by atoms with van der Waals surface area (Å²) in [6.45, 7) is 6.30. The van der Waals surface area contributed by atoms with Gasteiger partial charge in [-0.3, -0.25) is 4.79 Å². The number of imidazole rings is 1. The van der Waals surface area contributed by atoms with Crippen LogP contribution in [-0.2, 0) is 13.1 Å². The third-order valence-corrected chi connectivity index (χ3v) is 5.39. The Hall–Kier alpha value is -2.18. The maximum Gasteiger partial charge on any atom is 0.271 e. The van der Waals surface area contributed by atoms with Gasteiger partial charge in [0.05, 0.1) is 6.54 Å². The van der Waals surface area contributed by atoms with E-state index in [2.05, 4.69) is 55.4 Å². The summed E-state index contributed by atoms with van der Waals surface area (Å²) in [5.41, 5.74) is 1.96. The minimum absolute atomic E-state index is 0.0662. The molecule has 2 N–H and O–H groups in total. The summed E-state index contributed by atoms with van der Waals surface area (Å²) in [6, 6.07) is 10.8. The highest BCUT2D eigenvalue weighted by atomic mass is 16.1. The molecule has 0 aliphatic carbocycles. The molecule has 0 spiro atoms. The fraction of sp³-hybridized carbons (Fsp3) is 0.500. The monoisotopic (exact) mass is 353 g/mol. The molecule has 0 radical (unpaired) electrons. The van der Waals surface area contributed by atoms with Crippen LogP contribution >= 0.6 is 0 Å². The van der Waals surface area contributed by atoms with E-state index in [4.69, 9.17) is 0 Å². The van der Waals surface area contributed by atoms with Crippen LogP contribution in [0.5, 0.6) is 0 Å². The minimum atomic E-state index is -0.0662. The lowest BCUT2D eigenvalue weighted by molar-refractivity contribution is 0.0941. The molecule has 3 heterocycles. The molecule has 2 aromatic rings. The van der Waals surface area contributed by atoms with Gasteiger partial charge >= 0.3 is 0 Å². The molecular weight excluding hydrogens is 326 g/mol. The fourth-order valence-corrected chi connectivity index (χ4v) is 3.97. The zero-order valence-corrected chi connectivity index (χ0v) is 15.2. The van der Waals surface area contributed by atoms with E-state index in [1.807, 2.05) is 6.20 Å². The van der Waals surface area contributed by atoms with E-state index in [9.17, 15) is 4.79 Å². The van der Waals surface area contributed by atoms with Crippen LogP contribution in [0.1, 0.15) is 40.6 Å². The van der Waals surface area contributed by atoms with E-state index in [0.29, 0.717) is 18.2 Å². The Kier molecular flexibility index (Phi) is 5.32. The molecular formula is C20H27N5O. The van der Waals surface area contributed by atoms with E-state index in [0.717, 1.165) is 45.1 Å². The summed E-state index contributed by atoms with van der Waals surface area (Å²) in [6.07, 6.45) is 4.34. The maximum absolute atomic E-state index is 12.4. The van der Waals surface area contributed by atoms with Gasteiger partial charge < -0.3 is 20.1 Å². The molecule has 4 rings (SSSR count). The average molecular weight is 353 g/mol. The van der Waals surface area contributed by atoms with E-state index in [1.54, 1.807) is 0 Å². The SMILES string of the molecule is O=C(NCCN1CCC[C@@H](c2ccccc2)C1)c1cn2c(n1)CNCC2. The number of aromatic nitrogens is 2. The fourth-order valence-electron chi connectivity index (χ4n) is 3.97. The average Bonchev–Trinajstić information content (AvgIpc) is 3.13. The second kappa shape index (κ2) is 8.01. The molecule has 0 saturated carbocycles. The van der Waals surface area contributed by atoms with Gasteiger partial charge in [-0.1, -0.05) is 30.3 Å². The third-order valence-electron chi connectivity index (χ3n) is 5.39. The highest BCUT2D eigenvalue weighted by molar-refractivity contribution is 5.92. The zero-order chi connectivity index (χ0) is 17.8. The Bertz CT molecular complexity index is 718. The molecule has 2 aliphatic heterocycles. The Morgan fingerprint density at radius 2 is 2.15 bits per heavy atom. The van der Waals surface area contributed by atoms with Crippen molar-refractivity contribution in [3.8, 4) is 0 Å². The molecule has 6 heteroatoms. The summed E-state index contributed by atoms with van der Waals surface area (Å²) >= 11 is 0. The minimum Gasteiger partial charge on any atom is -0.349 e. The molecule has 0 unspecified atom stereocenters. The normalized spacial score (nSPS) is 20.5. The summed E-state index contributed by atoms with van der Waals surface area (Å²) in [5, 5.41) is 6.31. The van der Waals surface area contributed by atoms with Crippen molar-refractivity contribution in [1.29, 1.82) is 0 Å². The van der Waals surface area contributed by atoms with Crippen LogP contribution in [0, 0.1) is 0 Å². The Labute approximate surface area is 154 Å². The van der Waals surface area contributed by atoms with Crippen LogP contribution in [0.25, 0.3) is 0 Å². The van der Waals surface area contributed by atoms with Crippen molar-refractivity contribution in [2.45, 2.75) is 31.8 Å². The molecule has 1 aromatic heterocycles. The quantitative estimate of drug-likeness (QED) is 0.857. The van der Waals surface area contributed by atoms with Gasteiger partial charge in [0.1, 0.15) is 11.5 Å². The Morgan fingerprint density at radius 1 is 1.27 bits per heavy atom. The summed E-state index contributed by atoms with van der Waals surface area (Å²) < 4.78 is 2.07. The van der Waals surface area contributed by atoms with Gasteiger partial charge in [-0.2, -0.15) is 0 Å². The molecule has 1 saturated heterocycles. The van der Waals surface area contributed by atoms with E-state index in [-0.39, 0.29) is 5.91 Å². The van der Waals surface area contributed by atoms with Crippen molar-refractivity contribution < 1.29 is 4.79 Å². The van der Waals surface area contributed by atoms with Gasteiger partial charge in [-0.05, 0) is 30.9 Å². The molecule has 6 nitrogen and oxygen atoms in total. The number of benzene rings is 1.